The molecule has 0 atom stereocenters. The minimum absolute atomic E-state index is 0.291. The first kappa shape index (κ1) is 13.7. The summed E-state index contributed by atoms with van der Waals surface area (Å²) in [6.07, 6.45) is 5.50. The Bertz CT molecular complexity index is 567. The summed E-state index contributed by atoms with van der Waals surface area (Å²) in [6.45, 7) is 3.74. The molecule has 112 valence electrons. The number of aromatic nitrogens is 6. The Labute approximate surface area is 122 Å². The minimum Gasteiger partial charge on any atom is -0.462 e. The number of nitrogens with zero attached hydrogens (tertiary/aromatic N) is 7. The lowest BCUT2D eigenvalue weighted by atomic mass is 10.4. The van der Waals surface area contributed by atoms with Crippen molar-refractivity contribution < 1.29 is 4.74 Å². The number of nitrogens with one attached hydrogen (secondary N) is 1. The van der Waals surface area contributed by atoms with Gasteiger partial charge in [-0.25, -0.2) is 4.98 Å². The predicted octanol–water partition coefficient (Wildman–Crippen LogP) is -0.0314. The number of likely N-dealkylation sites (tertiary alicyclic amines) is 1. The second kappa shape index (κ2) is 6.44. The maximum atomic E-state index is 5.64. The molecule has 9 heteroatoms. The molecule has 2 aromatic heterocycles. The van der Waals surface area contributed by atoms with Crippen LogP contribution in [0.4, 0.5) is 5.95 Å². The van der Waals surface area contributed by atoms with E-state index in [-0.39, 0.29) is 0 Å². The standard InChI is InChI=1S/C12H18N8O/c1-13-10-16-11(20-9-14-8-15-20)18-12(17-10)21-7-6-19-4-2-3-5-19/h8-9H,2-7H2,1H3,(H,13,16,17,18). The van der Waals surface area contributed by atoms with E-state index in [1.54, 1.807) is 7.05 Å². The van der Waals surface area contributed by atoms with E-state index in [0.29, 0.717) is 24.5 Å². The molecule has 0 spiro atoms. The van der Waals surface area contributed by atoms with Crippen molar-refractivity contribution in [2.45, 2.75) is 12.8 Å². The molecule has 1 aliphatic rings. The fourth-order valence-corrected chi connectivity index (χ4v) is 2.21. The lowest BCUT2D eigenvalue weighted by Crippen LogP contribution is -2.25. The highest BCUT2D eigenvalue weighted by atomic mass is 16.5. The zero-order valence-corrected chi connectivity index (χ0v) is 11.9. The highest BCUT2D eigenvalue weighted by Crippen LogP contribution is 2.11. The van der Waals surface area contributed by atoms with Crippen LogP contribution in [-0.4, -0.2) is 67.9 Å². The van der Waals surface area contributed by atoms with Gasteiger partial charge in [0.05, 0.1) is 0 Å². The van der Waals surface area contributed by atoms with Crippen LogP contribution in [0, 0.1) is 0 Å². The van der Waals surface area contributed by atoms with Crippen LogP contribution in [0.2, 0.25) is 0 Å². The molecule has 1 fully saturated rings. The van der Waals surface area contributed by atoms with Crippen LogP contribution >= 0.6 is 0 Å². The van der Waals surface area contributed by atoms with E-state index >= 15 is 0 Å². The Morgan fingerprint density at radius 2 is 2.10 bits per heavy atom. The van der Waals surface area contributed by atoms with E-state index in [1.165, 1.54) is 30.2 Å². The van der Waals surface area contributed by atoms with Crippen molar-refractivity contribution in [3.63, 3.8) is 0 Å². The van der Waals surface area contributed by atoms with E-state index in [9.17, 15) is 0 Å². The SMILES string of the molecule is CNc1nc(OCCN2CCCC2)nc(-n2cncn2)n1. The summed E-state index contributed by atoms with van der Waals surface area (Å²) >= 11 is 0. The van der Waals surface area contributed by atoms with Crippen LogP contribution in [0.5, 0.6) is 6.01 Å². The van der Waals surface area contributed by atoms with Crippen LogP contribution in [-0.2, 0) is 0 Å². The molecule has 0 aliphatic carbocycles. The molecule has 1 aliphatic heterocycles. The third kappa shape index (κ3) is 3.43. The Hall–Kier alpha value is -2.29. The van der Waals surface area contributed by atoms with Crippen molar-refractivity contribution in [1.29, 1.82) is 0 Å². The van der Waals surface area contributed by atoms with Crippen LogP contribution < -0.4 is 10.1 Å². The average Bonchev–Trinajstić information content (AvgIpc) is 3.20. The van der Waals surface area contributed by atoms with Gasteiger partial charge in [0.15, 0.2) is 0 Å². The summed E-state index contributed by atoms with van der Waals surface area (Å²) in [4.78, 5) is 18.9. The van der Waals surface area contributed by atoms with E-state index in [1.807, 2.05) is 0 Å². The number of hydrogen-bond donors (Lipinski definition) is 1. The molecule has 21 heavy (non-hydrogen) atoms. The average molecular weight is 290 g/mol. The summed E-state index contributed by atoms with van der Waals surface area (Å²) in [6, 6.07) is 0.291. The molecule has 3 heterocycles. The first-order chi connectivity index (χ1) is 10.3. The topological polar surface area (TPSA) is 93.9 Å². The van der Waals surface area contributed by atoms with Crippen LogP contribution in [0.3, 0.4) is 0 Å². The molecule has 9 nitrogen and oxygen atoms in total. The maximum absolute atomic E-state index is 5.64. The summed E-state index contributed by atoms with van der Waals surface area (Å²) < 4.78 is 7.11. The smallest absolute Gasteiger partial charge is 0.323 e. The lowest BCUT2D eigenvalue weighted by molar-refractivity contribution is 0.225. The number of anilines is 1. The van der Waals surface area contributed by atoms with Gasteiger partial charge in [-0.3, -0.25) is 4.90 Å². The van der Waals surface area contributed by atoms with Crippen molar-refractivity contribution in [3.05, 3.63) is 12.7 Å². The van der Waals surface area contributed by atoms with E-state index < -0.39 is 0 Å². The largest absolute Gasteiger partial charge is 0.462 e. The molecule has 0 amide bonds. The zero-order valence-electron chi connectivity index (χ0n) is 11.9. The highest BCUT2D eigenvalue weighted by Gasteiger charge is 2.12. The van der Waals surface area contributed by atoms with E-state index in [4.69, 9.17) is 4.74 Å². The van der Waals surface area contributed by atoms with Gasteiger partial charge in [-0.1, -0.05) is 0 Å². The van der Waals surface area contributed by atoms with E-state index in [2.05, 4.69) is 35.3 Å². The van der Waals surface area contributed by atoms with Gasteiger partial charge in [-0.15, -0.1) is 0 Å². The molecule has 0 aromatic carbocycles. The Kier molecular flexibility index (Phi) is 4.20. The first-order valence-corrected chi connectivity index (χ1v) is 6.99. The van der Waals surface area contributed by atoms with Gasteiger partial charge in [0.1, 0.15) is 19.3 Å². The fraction of sp³-hybridized carbons (Fsp3) is 0.583. The van der Waals surface area contributed by atoms with Gasteiger partial charge in [0.25, 0.3) is 5.95 Å². The van der Waals surface area contributed by atoms with Crippen LogP contribution in [0.25, 0.3) is 5.95 Å². The quantitative estimate of drug-likeness (QED) is 0.792. The number of rotatable bonds is 6. The maximum Gasteiger partial charge on any atom is 0.323 e. The normalized spacial score (nSPS) is 15.3. The fourth-order valence-electron chi connectivity index (χ4n) is 2.21. The van der Waals surface area contributed by atoms with Crippen LogP contribution in [0.15, 0.2) is 12.7 Å². The molecule has 0 saturated carbocycles. The van der Waals surface area contributed by atoms with Crippen molar-refractivity contribution >= 4 is 5.95 Å². The van der Waals surface area contributed by atoms with Crippen molar-refractivity contribution in [1.82, 2.24) is 34.6 Å². The third-order valence-electron chi connectivity index (χ3n) is 3.29. The summed E-state index contributed by atoms with van der Waals surface area (Å²) in [7, 11) is 1.74. The van der Waals surface area contributed by atoms with Crippen LogP contribution in [0.1, 0.15) is 12.8 Å². The number of hydrogen-bond acceptors (Lipinski definition) is 8. The van der Waals surface area contributed by atoms with Gasteiger partial charge >= 0.3 is 6.01 Å². The molecule has 1 N–H and O–H groups in total. The van der Waals surface area contributed by atoms with Crippen molar-refractivity contribution in [3.8, 4) is 12.0 Å². The van der Waals surface area contributed by atoms with Gasteiger partial charge in [-0.05, 0) is 25.9 Å². The lowest BCUT2D eigenvalue weighted by Gasteiger charge is -2.14. The van der Waals surface area contributed by atoms with Gasteiger partial charge in [-0.2, -0.15) is 24.7 Å². The summed E-state index contributed by atoms with van der Waals surface area (Å²) in [5, 5.41) is 6.89. The van der Waals surface area contributed by atoms with Crippen molar-refractivity contribution in [2.24, 2.45) is 0 Å². The highest BCUT2D eigenvalue weighted by molar-refractivity contribution is 5.28. The molecule has 3 rings (SSSR count). The zero-order chi connectivity index (χ0) is 14.5. The van der Waals surface area contributed by atoms with Gasteiger partial charge in [0, 0.05) is 13.6 Å². The second-order valence-corrected chi connectivity index (χ2v) is 4.73. The minimum atomic E-state index is 0.291. The molecule has 0 radical (unpaired) electrons. The van der Waals surface area contributed by atoms with E-state index in [0.717, 1.165) is 19.6 Å². The van der Waals surface area contributed by atoms with Crippen molar-refractivity contribution in [2.75, 3.05) is 38.6 Å². The summed E-state index contributed by atoms with van der Waals surface area (Å²) in [5.74, 6) is 0.815. The Morgan fingerprint density at radius 1 is 1.24 bits per heavy atom. The molecular formula is C12H18N8O. The molecule has 1 saturated heterocycles. The number of ether oxygens (including phenoxy) is 1. The second-order valence-electron chi connectivity index (χ2n) is 4.73. The molecule has 0 bridgehead atoms. The monoisotopic (exact) mass is 290 g/mol. The first-order valence-electron chi connectivity index (χ1n) is 6.99. The van der Waals surface area contributed by atoms with Gasteiger partial charge < -0.3 is 10.1 Å². The molecule has 2 aromatic rings. The molecular weight excluding hydrogens is 272 g/mol. The van der Waals surface area contributed by atoms with Gasteiger partial charge in [0.2, 0.25) is 5.95 Å². The Morgan fingerprint density at radius 3 is 2.81 bits per heavy atom. The predicted molar refractivity (Wildman–Crippen MR) is 75.5 cm³/mol. The molecule has 0 unspecified atom stereocenters. The summed E-state index contributed by atoms with van der Waals surface area (Å²) in [5.41, 5.74) is 0. The Balaban J connectivity index is 1.67. The third-order valence-corrected chi connectivity index (χ3v) is 3.29.